The lowest BCUT2D eigenvalue weighted by molar-refractivity contribution is -0.150. The number of carboxylic acids is 1. The Morgan fingerprint density at radius 1 is 1.17 bits per heavy atom. The summed E-state index contributed by atoms with van der Waals surface area (Å²) in [7, 11) is 0. The molecule has 1 aliphatic heterocycles. The monoisotopic (exact) mass is 330 g/mol. The second-order valence-corrected chi connectivity index (χ2v) is 4.70. The second-order valence-electron chi connectivity index (χ2n) is 4.70. The first-order chi connectivity index (χ1) is 11.4. The van der Waals surface area contributed by atoms with Gasteiger partial charge in [-0.1, -0.05) is 62.9 Å². The van der Waals surface area contributed by atoms with Gasteiger partial charge in [0.15, 0.2) is 0 Å². The Hall–Kier alpha value is -2.95. The summed E-state index contributed by atoms with van der Waals surface area (Å²) < 4.78 is 3.97. The number of carbonyl (C=O) groups excluding carboxylic acids is 2. The third-order valence-corrected chi connectivity index (χ3v) is 2.73. The predicted molar refractivity (Wildman–Crippen MR) is 93.1 cm³/mol. The first-order valence-corrected chi connectivity index (χ1v) is 7.43. The zero-order valence-electron chi connectivity index (χ0n) is 13.7. The highest BCUT2D eigenvalue weighted by molar-refractivity contribution is 6.04. The molecule has 0 amide bonds. The fraction of sp³-hybridized carbons (Fsp3) is 0.211. The van der Waals surface area contributed by atoms with Crippen LogP contribution in [0.25, 0.3) is 6.08 Å². The molecular formula is C19H22O5. The van der Waals surface area contributed by atoms with Crippen LogP contribution in [0.3, 0.4) is 0 Å². The van der Waals surface area contributed by atoms with Gasteiger partial charge in [0.05, 0.1) is 0 Å². The topological polar surface area (TPSA) is 80.7 Å². The molecule has 1 heterocycles. The molecule has 0 saturated heterocycles. The van der Waals surface area contributed by atoms with E-state index in [0.717, 1.165) is 25.0 Å². The highest BCUT2D eigenvalue weighted by atomic mass is 16.6. The molecule has 0 unspecified atom stereocenters. The van der Waals surface area contributed by atoms with Gasteiger partial charge < -0.3 is 9.84 Å². The van der Waals surface area contributed by atoms with Gasteiger partial charge in [-0.2, -0.15) is 0 Å². The fourth-order valence-corrected chi connectivity index (χ4v) is 1.39. The molecule has 5 nitrogen and oxygen atoms in total. The molecule has 1 aromatic rings. The standard InChI is InChI=1S/C8H8.C7H12O2.C4H2O3/c1-2-8-6-4-3-5-7-8;1-3-4-5-6(2)7(8)9;5-3-1-2-4(6)7-3/h2-7H,1H2;2-5H2,1H3,(H,8,9);1-2H. The van der Waals surface area contributed by atoms with Crippen LogP contribution in [-0.2, 0) is 19.1 Å². The van der Waals surface area contributed by atoms with Crippen LogP contribution in [0, 0.1) is 0 Å². The maximum absolute atomic E-state index is 10.1. The van der Waals surface area contributed by atoms with Crippen LogP contribution in [0.15, 0.2) is 61.2 Å². The summed E-state index contributed by atoms with van der Waals surface area (Å²) >= 11 is 0. The number of esters is 2. The average Bonchev–Trinajstić information content (AvgIpc) is 2.97. The van der Waals surface area contributed by atoms with Crippen LogP contribution in [-0.4, -0.2) is 23.0 Å². The maximum atomic E-state index is 10.1. The van der Waals surface area contributed by atoms with Crippen LogP contribution in [0.2, 0.25) is 0 Å². The average molecular weight is 330 g/mol. The third-order valence-electron chi connectivity index (χ3n) is 2.73. The molecule has 0 spiro atoms. The molecule has 0 saturated carbocycles. The van der Waals surface area contributed by atoms with E-state index < -0.39 is 17.9 Å². The van der Waals surface area contributed by atoms with Gasteiger partial charge in [-0.3, -0.25) is 0 Å². The molecule has 0 fully saturated rings. The van der Waals surface area contributed by atoms with Crippen molar-refractivity contribution in [2.24, 2.45) is 0 Å². The highest BCUT2D eigenvalue weighted by Crippen LogP contribution is 2.03. The maximum Gasteiger partial charge on any atom is 0.338 e. The van der Waals surface area contributed by atoms with E-state index in [0.29, 0.717) is 12.0 Å². The number of cyclic esters (lactones) is 2. The number of carboxylic acid groups (broad SMARTS) is 1. The summed E-state index contributed by atoms with van der Waals surface area (Å²) in [6.07, 6.45) is 6.56. The van der Waals surface area contributed by atoms with Crippen molar-refractivity contribution in [3.05, 3.63) is 66.8 Å². The van der Waals surface area contributed by atoms with Crippen molar-refractivity contribution in [1.82, 2.24) is 0 Å². The summed E-state index contributed by atoms with van der Waals surface area (Å²) in [6.45, 7) is 9.05. The van der Waals surface area contributed by atoms with Crippen molar-refractivity contribution >= 4 is 24.0 Å². The summed E-state index contributed by atoms with van der Waals surface area (Å²) in [5, 5.41) is 8.31. The van der Waals surface area contributed by atoms with Crippen LogP contribution in [0.5, 0.6) is 0 Å². The Balaban J connectivity index is 0.000000332. The molecule has 0 bridgehead atoms. The van der Waals surface area contributed by atoms with Crippen LogP contribution in [0.1, 0.15) is 31.7 Å². The predicted octanol–water partition coefficient (Wildman–Crippen LogP) is 3.77. The van der Waals surface area contributed by atoms with Crippen molar-refractivity contribution in [1.29, 1.82) is 0 Å². The number of carbonyl (C=O) groups is 3. The number of ether oxygens (including phenoxy) is 1. The largest absolute Gasteiger partial charge is 0.478 e. The van der Waals surface area contributed by atoms with Crippen molar-refractivity contribution < 1.29 is 24.2 Å². The van der Waals surface area contributed by atoms with Crippen molar-refractivity contribution in [3.8, 4) is 0 Å². The minimum absolute atomic E-state index is 0.317. The van der Waals surface area contributed by atoms with Crippen LogP contribution in [0.4, 0.5) is 0 Å². The number of rotatable bonds is 5. The first-order valence-electron chi connectivity index (χ1n) is 7.43. The van der Waals surface area contributed by atoms with Gasteiger partial charge in [-0.25, -0.2) is 14.4 Å². The molecule has 0 aliphatic carbocycles. The van der Waals surface area contributed by atoms with Crippen molar-refractivity contribution in [3.63, 3.8) is 0 Å². The molecule has 1 aromatic carbocycles. The number of hydrogen-bond acceptors (Lipinski definition) is 4. The number of hydrogen-bond donors (Lipinski definition) is 1. The third kappa shape index (κ3) is 10.7. The number of aliphatic carboxylic acids is 1. The first kappa shape index (κ1) is 21.0. The molecule has 5 heteroatoms. The Labute approximate surface area is 142 Å². The molecule has 128 valence electrons. The van der Waals surface area contributed by atoms with Gasteiger partial charge in [-0.05, 0) is 18.4 Å². The zero-order chi connectivity index (χ0) is 18.4. The van der Waals surface area contributed by atoms with Crippen molar-refractivity contribution in [2.75, 3.05) is 0 Å². The van der Waals surface area contributed by atoms with Crippen LogP contribution >= 0.6 is 0 Å². The summed E-state index contributed by atoms with van der Waals surface area (Å²) in [5.41, 5.74) is 1.49. The number of unbranched alkanes of at least 4 members (excludes halogenated alkanes) is 1. The van der Waals surface area contributed by atoms with E-state index in [9.17, 15) is 14.4 Å². The molecular weight excluding hydrogens is 308 g/mol. The lowest BCUT2D eigenvalue weighted by atomic mass is 10.1. The molecule has 2 rings (SSSR count). The Bertz CT molecular complexity index is 583. The molecule has 1 N–H and O–H groups in total. The van der Waals surface area contributed by atoms with E-state index in [1.54, 1.807) is 0 Å². The Morgan fingerprint density at radius 3 is 2.00 bits per heavy atom. The minimum atomic E-state index is -0.872. The van der Waals surface area contributed by atoms with Gasteiger partial charge >= 0.3 is 17.9 Å². The Kier molecular flexibility index (Phi) is 11.0. The van der Waals surface area contributed by atoms with E-state index in [1.165, 1.54) is 5.56 Å². The fourth-order valence-electron chi connectivity index (χ4n) is 1.39. The summed E-state index contributed by atoms with van der Waals surface area (Å²) in [4.78, 5) is 30.0. The lowest BCUT2D eigenvalue weighted by Crippen LogP contribution is -1.97. The van der Waals surface area contributed by atoms with E-state index in [2.05, 4.69) is 17.9 Å². The smallest absolute Gasteiger partial charge is 0.338 e. The van der Waals surface area contributed by atoms with E-state index in [4.69, 9.17) is 5.11 Å². The lowest BCUT2D eigenvalue weighted by Gasteiger charge is -1.95. The number of benzene rings is 1. The van der Waals surface area contributed by atoms with E-state index in [-0.39, 0.29) is 0 Å². The minimum Gasteiger partial charge on any atom is -0.478 e. The SMILES string of the molecule is C=C(CCCC)C(=O)O.C=Cc1ccccc1.O=C1C=CC(=O)O1. The van der Waals surface area contributed by atoms with Crippen molar-refractivity contribution in [2.45, 2.75) is 26.2 Å². The van der Waals surface area contributed by atoms with Gasteiger partial charge in [0.25, 0.3) is 0 Å². The van der Waals surface area contributed by atoms with Gasteiger partial charge in [0, 0.05) is 17.7 Å². The zero-order valence-corrected chi connectivity index (χ0v) is 13.7. The molecule has 0 atom stereocenters. The normalized spacial score (nSPS) is 11.4. The quantitative estimate of drug-likeness (QED) is 0.505. The molecule has 0 radical (unpaired) electrons. The van der Waals surface area contributed by atoms with Crippen LogP contribution < -0.4 is 0 Å². The molecule has 1 aliphatic rings. The molecule has 24 heavy (non-hydrogen) atoms. The second kappa shape index (κ2) is 12.6. The van der Waals surface area contributed by atoms with Gasteiger partial charge in [-0.15, -0.1) is 0 Å². The summed E-state index contributed by atoms with van der Waals surface area (Å²) in [6, 6.07) is 10.0. The van der Waals surface area contributed by atoms with Gasteiger partial charge in [0.2, 0.25) is 0 Å². The Morgan fingerprint density at radius 2 is 1.71 bits per heavy atom. The van der Waals surface area contributed by atoms with E-state index in [1.807, 2.05) is 43.3 Å². The molecule has 0 aromatic heterocycles. The van der Waals surface area contributed by atoms with E-state index >= 15 is 0 Å². The van der Waals surface area contributed by atoms with Gasteiger partial charge in [0.1, 0.15) is 0 Å². The highest BCUT2D eigenvalue weighted by Gasteiger charge is 2.10. The summed E-state index contributed by atoms with van der Waals surface area (Å²) in [5.74, 6) is -2.03.